The topological polar surface area (TPSA) is 67.6 Å². The summed E-state index contributed by atoms with van der Waals surface area (Å²) in [6.45, 7) is 7.85. The van der Waals surface area contributed by atoms with Crippen molar-refractivity contribution in [1.29, 1.82) is 0 Å². The van der Waals surface area contributed by atoms with Crippen LogP contribution < -0.4 is 5.32 Å². The largest absolute Gasteiger partial charge is 0.377 e. The van der Waals surface area contributed by atoms with E-state index < -0.39 is 0 Å². The van der Waals surface area contributed by atoms with E-state index in [0.717, 1.165) is 28.1 Å². The average Bonchev–Trinajstić information content (AvgIpc) is 2.90. The molecule has 2 aromatic rings. The Kier molecular flexibility index (Phi) is 6.37. The number of benzene rings is 1. The number of aromatic nitrogens is 1. The minimum Gasteiger partial charge on any atom is -0.377 e. The molecule has 0 saturated carbocycles. The van der Waals surface area contributed by atoms with E-state index >= 15 is 0 Å². The Balaban J connectivity index is 1.93. The van der Waals surface area contributed by atoms with Gasteiger partial charge in [0.25, 0.3) is 0 Å². The van der Waals surface area contributed by atoms with E-state index in [1.54, 1.807) is 11.9 Å². The molecule has 0 aliphatic heterocycles. The number of nitrogens with zero attached hydrogens (tertiary/aromatic N) is 2. The molecule has 0 saturated heterocycles. The monoisotopic (exact) mass is 331 g/mol. The van der Waals surface area contributed by atoms with Crippen LogP contribution in [0.5, 0.6) is 0 Å². The van der Waals surface area contributed by atoms with E-state index in [2.05, 4.69) is 10.5 Å². The number of ether oxygens (including phenoxy) is 1. The van der Waals surface area contributed by atoms with Crippen molar-refractivity contribution in [1.82, 2.24) is 15.4 Å². The van der Waals surface area contributed by atoms with Crippen LogP contribution in [0.15, 0.2) is 28.8 Å². The molecule has 0 radical (unpaired) electrons. The summed E-state index contributed by atoms with van der Waals surface area (Å²) in [5.41, 5.74) is 3.91. The molecule has 0 spiro atoms. The van der Waals surface area contributed by atoms with Gasteiger partial charge < -0.3 is 19.5 Å². The predicted octanol–water partition coefficient (Wildman–Crippen LogP) is 3.17. The summed E-state index contributed by atoms with van der Waals surface area (Å²) in [4.78, 5) is 13.9. The quantitative estimate of drug-likeness (QED) is 0.846. The zero-order chi connectivity index (χ0) is 17.5. The van der Waals surface area contributed by atoms with E-state index in [4.69, 9.17) is 9.26 Å². The molecule has 130 valence electrons. The molecular weight excluding hydrogens is 306 g/mol. The second kappa shape index (κ2) is 8.49. The Morgan fingerprint density at radius 1 is 1.29 bits per heavy atom. The Hall–Kier alpha value is -2.34. The third-order valence-electron chi connectivity index (χ3n) is 3.93. The van der Waals surface area contributed by atoms with Crippen LogP contribution in [0.25, 0.3) is 0 Å². The van der Waals surface area contributed by atoms with Crippen LogP contribution in [0.1, 0.15) is 35.1 Å². The Morgan fingerprint density at radius 3 is 2.62 bits per heavy atom. The molecule has 0 atom stereocenters. The van der Waals surface area contributed by atoms with Crippen LogP contribution in [0.4, 0.5) is 4.79 Å². The van der Waals surface area contributed by atoms with Gasteiger partial charge in [-0.1, -0.05) is 29.4 Å². The number of amides is 2. The summed E-state index contributed by atoms with van der Waals surface area (Å²) in [5.74, 6) is 0.745. The van der Waals surface area contributed by atoms with Crippen molar-refractivity contribution in [3.63, 3.8) is 0 Å². The van der Waals surface area contributed by atoms with Gasteiger partial charge in [0.2, 0.25) is 0 Å². The molecule has 0 bridgehead atoms. The number of urea groups is 1. The van der Waals surface area contributed by atoms with E-state index in [1.165, 1.54) is 0 Å². The summed E-state index contributed by atoms with van der Waals surface area (Å²) in [6.07, 6.45) is 0. The van der Waals surface area contributed by atoms with Crippen LogP contribution >= 0.6 is 0 Å². The molecule has 1 N–H and O–H groups in total. The molecule has 2 rings (SSSR count). The highest BCUT2D eigenvalue weighted by atomic mass is 16.5. The predicted molar refractivity (Wildman–Crippen MR) is 91.5 cm³/mol. The molecule has 6 heteroatoms. The minimum atomic E-state index is -0.138. The van der Waals surface area contributed by atoms with Crippen molar-refractivity contribution in [3.05, 3.63) is 52.4 Å². The van der Waals surface area contributed by atoms with Crippen LogP contribution in [0.2, 0.25) is 0 Å². The maximum Gasteiger partial charge on any atom is 0.317 e. The van der Waals surface area contributed by atoms with E-state index in [1.807, 2.05) is 45.0 Å². The Labute approximate surface area is 142 Å². The lowest BCUT2D eigenvalue weighted by molar-refractivity contribution is 0.133. The molecule has 0 aliphatic carbocycles. The van der Waals surface area contributed by atoms with E-state index in [0.29, 0.717) is 26.3 Å². The molecule has 1 aromatic carbocycles. The van der Waals surface area contributed by atoms with Crippen LogP contribution in [-0.4, -0.2) is 29.7 Å². The number of nitrogens with one attached hydrogen (secondary N) is 1. The Morgan fingerprint density at radius 2 is 2.00 bits per heavy atom. The number of hydrogen-bond acceptors (Lipinski definition) is 4. The summed E-state index contributed by atoms with van der Waals surface area (Å²) < 4.78 is 10.6. The number of carbonyl (C=O) groups is 1. The second-order valence-electron chi connectivity index (χ2n) is 5.72. The summed E-state index contributed by atoms with van der Waals surface area (Å²) >= 11 is 0. The zero-order valence-corrected chi connectivity index (χ0v) is 14.8. The fraction of sp³-hybridized carbons (Fsp3) is 0.444. The number of aryl methyl sites for hydroxylation is 2. The third kappa shape index (κ3) is 4.58. The van der Waals surface area contributed by atoms with E-state index in [-0.39, 0.29) is 6.03 Å². The van der Waals surface area contributed by atoms with Gasteiger partial charge in [0.15, 0.2) is 0 Å². The molecule has 0 fully saturated rings. The van der Waals surface area contributed by atoms with Crippen molar-refractivity contribution < 1.29 is 14.1 Å². The van der Waals surface area contributed by atoms with Gasteiger partial charge in [-0.3, -0.25) is 0 Å². The first-order valence-corrected chi connectivity index (χ1v) is 8.08. The smallest absolute Gasteiger partial charge is 0.317 e. The van der Waals surface area contributed by atoms with Crippen molar-refractivity contribution >= 4 is 6.03 Å². The molecule has 0 unspecified atom stereocenters. The normalized spacial score (nSPS) is 10.7. The van der Waals surface area contributed by atoms with Gasteiger partial charge in [0.1, 0.15) is 5.76 Å². The van der Waals surface area contributed by atoms with E-state index in [9.17, 15) is 4.79 Å². The average molecular weight is 331 g/mol. The first-order valence-electron chi connectivity index (χ1n) is 8.08. The maximum atomic E-state index is 12.3. The highest BCUT2D eigenvalue weighted by Crippen LogP contribution is 2.14. The fourth-order valence-electron chi connectivity index (χ4n) is 2.43. The lowest BCUT2D eigenvalue weighted by atomic mass is 10.1. The summed E-state index contributed by atoms with van der Waals surface area (Å²) in [6, 6.07) is 7.82. The lowest BCUT2D eigenvalue weighted by Gasteiger charge is -2.18. The summed E-state index contributed by atoms with van der Waals surface area (Å²) in [5, 5.41) is 6.86. The summed E-state index contributed by atoms with van der Waals surface area (Å²) in [7, 11) is 1.76. The molecule has 6 nitrogen and oxygen atoms in total. The highest BCUT2D eigenvalue weighted by Gasteiger charge is 2.15. The van der Waals surface area contributed by atoms with Crippen molar-refractivity contribution in [2.24, 2.45) is 0 Å². The molecular formula is C18H25N3O3. The number of rotatable bonds is 7. The molecule has 0 aliphatic rings. The molecule has 1 aromatic heterocycles. The van der Waals surface area contributed by atoms with Crippen molar-refractivity contribution in [3.8, 4) is 0 Å². The van der Waals surface area contributed by atoms with Gasteiger partial charge in [-0.25, -0.2) is 4.79 Å². The second-order valence-corrected chi connectivity index (χ2v) is 5.72. The van der Waals surface area contributed by atoms with Crippen molar-refractivity contribution in [2.75, 3.05) is 13.7 Å². The molecule has 2 amide bonds. The van der Waals surface area contributed by atoms with Gasteiger partial charge in [-0.05, 0) is 31.9 Å². The van der Waals surface area contributed by atoms with Crippen LogP contribution in [0, 0.1) is 13.8 Å². The minimum absolute atomic E-state index is 0.138. The molecule has 1 heterocycles. The van der Waals surface area contributed by atoms with Gasteiger partial charge in [0.05, 0.1) is 18.8 Å². The lowest BCUT2D eigenvalue weighted by Crippen LogP contribution is -2.36. The van der Waals surface area contributed by atoms with Gasteiger partial charge in [-0.2, -0.15) is 0 Å². The zero-order valence-electron chi connectivity index (χ0n) is 14.8. The number of hydrogen-bond donors (Lipinski definition) is 1. The third-order valence-corrected chi connectivity index (χ3v) is 3.93. The molecule has 24 heavy (non-hydrogen) atoms. The first-order chi connectivity index (χ1) is 11.5. The van der Waals surface area contributed by atoms with Gasteiger partial charge in [-0.15, -0.1) is 0 Å². The SMILES string of the molecule is CCOCc1ccccc1CNC(=O)N(C)Cc1c(C)noc1C. The first kappa shape index (κ1) is 18.0. The van der Waals surface area contributed by atoms with Crippen molar-refractivity contribution in [2.45, 2.75) is 40.5 Å². The van der Waals surface area contributed by atoms with Gasteiger partial charge >= 0.3 is 6.03 Å². The Bertz CT molecular complexity index is 662. The fourth-order valence-corrected chi connectivity index (χ4v) is 2.43. The van der Waals surface area contributed by atoms with Gasteiger partial charge in [0, 0.05) is 25.8 Å². The maximum absolute atomic E-state index is 12.3. The highest BCUT2D eigenvalue weighted by molar-refractivity contribution is 5.73. The van der Waals surface area contributed by atoms with Crippen LogP contribution in [-0.2, 0) is 24.4 Å². The number of carbonyl (C=O) groups excluding carboxylic acids is 1. The van der Waals surface area contributed by atoms with Crippen LogP contribution in [0.3, 0.4) is 0 Å². The standard InChI is InChI=1S/C18H25N3O3/c1-5-23-12-16-9-7-6-8-15(16)10-19-18(22)21(4)11-17-13(2)20-24-14(17)3/h6-9H,5,10-12H2,1-4H3,(H,19,22).